The summed E-state index contributed by atoms with van der Waals surface area (Å²) >= 11 is 3.45. The van der Waals surface area contributed by atoms with E-state index in [1.807, 2.05) is 43.3 Å². The summed E-state index contributed by atoms with van der Waals surface area (Å²) in [5.41, 5.74) is 4.65. The quantitative estimate of drug-likeness (QED) is 0.297. The van der Waals surface area contributed by atoms with Gasteiger partial charge >= 0.3 is 0 Å². The Bertz CT molecular complexity index is 1380. The van der Waals surface area contributed by atoms with E-state index < -0.39 is 0 Å². The van der Waals surface area contributed by atoms with Crippen molar-refractivity contribution >= 4 is 33.0 Å². The van der Waals surface area contributed by atoms with E-state index in [0.717, 1.165) is 39.3 Å². The highest BCUT2D eigenvalue weighted by molar-refractivity contribution is 9.10. The third-order valence-corrected chi connectivity index (χ3v) is 6.03. The molecule has 4 rings (SSSR count). The predicted octanol–water partition coefficient (Wildman–Crippen LogP) is 5.80. The van der Waals surface area contributed by atoms with E-state index in [4.69, 9.17) is 9.72 Å². The molecule has 0 amide bonds. The van der Waals surface area contributed by atoms with Gasteiger partial charge in [-0.15, -0.1) is 0 Å². The topological polar surface area (TPSA) is 61.4 Å². The molecule has 0 aliphatic rings. The molecule has 0 radical (unpaired) electrons. The number of benzene rings is 2. The Morgan fingerprint density at radius 2 is 1.85 bits per heavy atom. The standard InChI is InChI=1S/C26H27BrN4O2/c1-5-7-25-29-24-13-8-20(27)15-23(24)26(32)31(25)28-16-19-14-17(3)30(18(19)4)21-9-11-22(12-10-21)33-6-2/h8-16H,5-7H2,1-4H3. The molecule has 0 unspecified atom stereocenters. The van der Waals surface area contributed by atoms with Crippen LogP contribution in [0.1, 0.15) is 43.0 Å². The maximum atomic E-state index is 13.2. The number of hydrogen-bond donors (Lipinski definition) is 0. The van der Waals surface area contributed by atoms with E-state index in [1.54, 1.807) is 12.3 Å². The second-order valence-electron chi connectivity index (χ2n) is 7.89. The van der Waals surface area contributed by atoms with Crippen LogP contribution in [0.5, 0.6) is 5.75 Å². The van der Waals surface area contributed by atoms with Crippen LogP contribution in [0.2, 0.25) is 0 Å². The first-order valence-electron chi connectivity index (χ1n) is 11.1. The van der Waals surface area contributed by atoms with Crippen LogP contribution >= 0.6 is 15.9 Å². The zero-order valence-electron chi connectivity index (χ0n) is 19.3. The first-order chi connectivity index (χ1) is 15.9. The van der Waals surface area contributed by atoms with Gasteiger partial charge in [0.1, 0.15) is 11.6 Å². The van der Waals surface area contributed by atoms with Crippen LogP contribution in [0.25, 0.3) is 16.6 Å². The third-order valence-electron chi connectivity index (χ3n) is 5.54. The fourth-order valence-corrected chi connectivity index (χ4v) is 4.35. The lowest BCUT2D eigenvalue weighted by Gasteiger charge is -2.11. The lowest BCUT2D eigenvalue weighted by molar-refractivity contribution is 0.340. The molecule has 0 spiro atoms. The number of hydrogen-bond acceptors (Lipinski definition) is 4. The Morgan fingerprint density at radius 3 is 2.55 bits per heavy atom. The number of aromatic nitrogens is 3. The van der Waals surface area contributed by atoms with Crippen molar-refractivity contribution in [3.05, 3.63) is 86.1 Å². The first-order valence-corrected chi connectivity index (χ1v) is 11.9. The molecule has 170 valence electrons. The molecule has 2 heterocycles. The van der Waals surface area contributed by atoms with E-state index in [-0.39, 0.29) is 5.56 Å². The highest BCUT2D eigenvalue weighted by Crippen LogP contribution is 2.22. The molecule has 33 heavy (non-hydrogen) atoms. The Hall–Kier alpha value is -3.19. The second kappa shape index (κ2) is 9.75. The molecule has 0 N–H and O–H groups in total. The highest BCUT2D eigenvalue weighted by Gasteiger charge is 2.13. The fraction of sp³-hybridized carbons (Fsp3) is 0.269. The van der Waals surface area contributed by atoms with Crippen molar-refractivity contribution in [1.82, 2.24) is 14.2 Å². The van der Waals surface area contributed by atoms with Gasteiger partial charge in [-0.3, -0.25) is 4.79 Å². The van der Waals surface area contributed by atoms with Crippen LogP contribution in [-0.2, 0) is 6.42 Å². The average molecular weight is 507 g/mol. The lowest BCUT2D eigenvalue weighted by Crippen LogP contribution is -2.22. The monoisotopic (exact) mass is 506 g/mol. The van der Waals surface area contributed by atoms with Crippen LogP contribution in [0.4, 0.5) is 0 Å². The molecule has 0 aliphatic carbocycles. The van der Waals surface area contributed by atoms with Crippen molar-refractivity contribution in [2.45, 2.75) is 40.5 Å². The molecule has 2 aromatic carbocycles. The molecule has 0 fully saturated rings. The number of halogens is 1. The summed E-state index contributed by atoms with van der Waals surface area (Å²) in [6.45, 7) is 8.79. The fourth-order valence-electron chi connectivity index (χ4n) is 3.99. The largest absolute Gasteiger partial charge is 0.494 e. The van der Waals surface area contributed by atoms with Crippen LogP contribution < -0.4 is 10.3 Å². The molecule has 6 nitrogen and oxygen atoms in total. The third kappa shape index (κ3) is 4.64. The van der Waals surface area contributed by atoms with Gasteiger partial charge in [-0.25, -0.2) is 4.98 Å². The van der Waals surface area contributed by atoms with Crippen molar-refractivity contribution in [3.63, 3.8) is 0 Å². The Morgan fingerprint density at radius 1 is 1.09 bits per heavy atom. The summed E-state index contributed by atoms with van der Waals surface area (Å²) in [7, 11) is 0. The maximum Gasteiger partial charge on any atom is 0.282 e. The van der Waals surface area contributed by atoms with E-state index in [1.165, 1.54) is 4.68 Å². The SMILES string of the molecule is CCCc1nc2ccc(Br)cc2c(=O)n1N=Cc1cc(C)n(-c2ccc(OCC)cc2)c1C. The average Bonchev–Trinajstić information content (AvgIpc) is 3.08. The van der Waals surface area contributed by atoms with Crippen molar-refractivity contribution in [2.75, 3.05) is 6.61 Å². The minimum Gasteiger partial charge on any atom is -0.494 e. The number of aryl methyl sites for hydroxylation is 2. The van der Waals surface area contributed by atoms with Gasteiger partial charge in [0.2, 0.25) is 0 Å². The normalized spacial score (nSPS) is 11.5. The molecule has 4 aromatic rings. The van der Waals surface area contributed by atoms with Gasteiger partial charge in [-0.05, 0) is 75.7 Å². The molecule has 0 saturated heterocycles. The van der Waals surface area contributed by atoms with Gasteiger partial charge in [0.15, 0.2) is 0 Å². The summed E-state index contributed by atoms with van der Waals surface area (Å²) < 4.78 is 10.00. The second-order valence-corrected chi connectivity index (χ2v) is 8.81. The summed E-state index contributed by atoms with van der Waals surface area (Å²) in [4.78, 5) is 17.9. The minimum atomic E-state index is -0.165. The molecule has 0 atom stereocenters. The van der Waals surface area contributed by atoms with Crippen LogP contribution in [0.3, 0.4) is 0 Å². The maximum absolute atomic E-state index is 13.2. The van der Waals surface area contributed by atoms with E-state index in [2.05, 4.69) is 52.4 Å². The Balaban J connectivity index is 1.75. The van der Waals surface area contributed by atoms with E-state index in [9.17, 15) is 4.79 Å². The number of ether oxygens (including phenoxy) is 1. The van der Waals surface area contributed by atoms with Gasteiger partial charge in [-0.1, -0.05) is 22.9 Å². The Labute approximate surface area is 201 Å². The molecule has 2 aromatic heterocycles. The van der Waals surface area contributed by atoms with E-state index in [0.29, 0.717) is 29.8 Å². The first kappa shape index (κ1) is 23.0. The van der Waals surface area contributed by atoms with Crippen LogP contribution in [-0.4, -0.2) is 27.0 Å². The molecular weight excluding hydrogens is 480 g/mol. The summed E-state index contributed by atoms with van der Waals surface area (Å²) in [6.07, 6.45) is 3.29. The van der Waals surface area contributed by atoms with Crippen LogP contribution in [0.15, 0.2) is 62.9 Å². The number of nitrogens with zero attached hydrogens (tertiary/aromatic N) is 4. The molecule has 0 saturated carbocycles. The number of rotatable bonds is 7. The van der Waals surface area contributed by atoms with Gasteiger partial charge < -0.3 is 9.30 Å². The molecular formula is C26H27BrN4O2. The van der Waals surface area contributed by atoms with E-state index >= 15 is 0 Å². The van der Waals surface area contributed by atoms with Crippen LogP contribution in [0, 0.1) is 13.8 Å². The number of fused-ring (bicyclic) bond motifs is 1. The van der Waals surface area contributed by atoms with Crippen molar-refractivity contribution in [2.24, 2.45) is 5.10 Å². The zero-order valence-corrected chi connectivity index (χ0v) is 20.9. The predicted molar refractivity (Wildman–Crippen MR) is 137 cm³/mol. The van der Waals surface area contributed by atoms with Gasteiger partial charge in [0, 0.05) is 33.5 Å². The summed E-state index contributed by atoms with van der Waals surface area (Å²) in [5, 5.41) is 5.13. The van der Waals surface area contributed by atoms with Gasteiger partial charge in [0.05, 0.1) is 23.7 Å². The zero-order chi connectivity index (χ0) is 23.5. The van der Waals surface area contributed by atoms with Crippen molar-refractivity contribution in [3.8, 4) is 11.4 Å². The smallest absolute Gasteiger partial charge is 0.282 e. The van der Waals surface area contributed by atoms with Gasteiger partial charge in [-0.2, -0.15) is 9.78 Å². The van der Waals surface area contributed by atoms with Crippen molar-refractivity contribution in [1.29, 1.82) is 0 Å². The summed E-state index contributed by atoms with van der Waals surface area (Å²) in [5.74, 6) is 1.51. The molecule has 0 bridgehead atoms. The lowest BCUT2D eigenvalue weighted by atomic mass is 10.2. The molecule has 0 aliphatic heterocycles. The minimum absolute atomic E-state index is 0.165. The van der Waals surface area contributed by atoms with Crippen molar-refractivity contribution < 1.29 is 4.74 Å². The summed E-state index contributed by atoms with van der Waals surface area (Å²) in [6, 6.07) is 15.7. The Kier molecular flexibility index (Phi) is 6.79. The van der Waals surface area contributed by atoms with Gasteiger partial charge in [0.25, 0.3) is 5.56 Å². The molecule has 7 heteroatoms. The highest BCUT2D eigenvalue weighted by atomic mass is 79.9.